The van der Waals surface area contributed by atoms with Crippen LogP contribution in [0.4, 0.5) is 0 Å². The molecule has 7 heteroatoms. The lowest BCUT2D eigenvalue weighted by atomic mass is 10.4. The summed E-state index contributed by atoms with van der Waals surface area (Å²) in [7, 11) is 0. The molecular formula is C14H15N5OS. The smallest absolute Gasteiger partial charge is 0.250 e. The predicted molar refractivity (Wildman–Crippen MR) is 82.2 cm³/mol. The molecule has 0 aliphatic heterocycles. The highest BCUT2D eigenvalue weighted by Crippen LogP contribution is 2.13. The second-order valence-corrected chi connectivity index (χ2v) is 5.21. The zero-order chi connectivity index (χ0) is 15.1. The fourth-order valence-corrected chi connectivity index (χ4v) is 2.29. The van der Waals surface area contributed by atoms with E-state index in [0.717, 1.165) is 11.4 Å². The minimum atomic E-state index is -0.213. The minimum absolute atomic E-state index is 0.211. The number of hydrogen-bond acceptors (Lipinski definition) is 6. The van der Waals surface area contributed by atoms with Gasteiger partial charge in [0.15, 0.2) is 5.16 Å². The quantitative estimate of drug-likeness (QED) is 0.394. The first kappa shape index (κ1) is 15.1. The molecule has 2 aromatic rings. The lowest BCUT2D eigenvalue weighted by molar-refractivity contribution is -0.118. The zero-order valence-corrected chi connectivity index (χ0v) is 12.6. The van der Waals surface area contributed by atoms with Gasteiger partial charge in [0.05, 0.1) is 17.7 Å². The average Bonchev–Trinajstić information content (AvgIpc) is 2.45. The summed E-state index contributed by atoms with van der Waals surface area (Å²) in [5.74, 6) is -0.00225. The molecule has 0 unspecified atom stereocenters. The van der Waals surface area contributed by atoms with E-state index in [0.29, 0.717) is 10.9 Å². The Morgan fingerprint density at radius 3 is 2.76 bits per heavy atom. The third-order valence-electron chi connectivity index (χ3n) is 2.37. The topological polar surface area (TPSA) is 80.1 Å². The molecule has 2 aromatic heterocycles. The van der Waals surface area contributed by atoms with Gasteiger partial charge in [-0.25, -0.2) is 15.4 Å². The number of hydrogen-bond donors (Lipinski definition) is 1. The average molecular weight is 301 g/mol. The molecule has 0 aromatic carbocycles. The number of nitrogens with one attached hydrogen (secondary N) is 1. The van der Waals surface area contributed by atoms with Gasteiger partial charge in [-0.15, -0.1) is 0 Å². The van der Waals surface area contributed by atoms with Crippen LogP contribution in [0.3, 0.4) is 0 Å². The third-order valence-corrected chi connectivity index (χ3v) is 3.22. The van der Waals surface area contributed by atoms with Crippen molar-refractivity contribution >= 4 is 23.9 Å². The summed E-state index contributed by atoms with van der Waals surface area (Å²) in [6.07, 6.45) is 3.16. The Morgan fingerprint density at radius 2 is 2.10 bits per heavy atom. The highest BCUT2D eigenvalue weighted by atomic mass is 32.2. The Labute approximate surface area is 127 Å². The van der Waals surface area contributed by atoms with Gasteiger partial charge in [-0.3, -0.25) is 9.78 Å². The fraction of sp³-hybridized carbons (Fsp3) is 0.214. The maximum absolute atomic E-state index is 11.7. The molecular weight excluding hydrogens is 286 g/mol. The lowest BCUT2D eigenvalue weighted by Gasteiger charge is -2.02. The van der Waals surface area contributed by atoms with E-state index in [4.69, 9.17) is 0 Å². The molecule has 1 N–H and O–H groups in total. The molecule has 0 aliphatic rings. The molecule has 0 atom stereocenters. The summed E-state index contributed by atoms with van der Waals surface area (Å²) < 4.78 is 0. The molecule has 0 fully saturated rings. The lowest BCUT2D eigenvalue weighted by Crippen LogP contribution is -2.20. The van der Waals surface area contributed by atoms with Crippen molar-refractivity contribution in [3.63, 3.8) is 0 Å². The molecule has 0 saturated carbocycles. The van der Waals surface area contributed by atoms with Crippen LogP contribution in [0.25, 0.3) is 0 Å². The Morgan fingerprint density at radius 1 is 1.33 bits per heavy atom. The molecule has 0 radical (unpaired) electrons. The predicted octanol–water partition coefficient (Wildman–Crippen LogP) is 1.73. The summed E-state index contributed by atoms with van der Waals surface area (Å²) in [4.78, 5) is 24.2. The monoisotopic (exact) mass is 301 g/mol. The van der Waals surface area contributed by atoms with E-state index in [1.165, 1.54) is 18.0 Å². The van der Waals surface area contributed by atoms with Gasteiger partial charge in [0.1, 0.15) is 0 Å². The third kappa shape index (κ3) is 5.31. The Hall–Kier alpha value is -2.28. The van der Waals surface area contributed by atoms with Crippen molar-refractivity contribution in [1.82, 2.24) is 20.4 Å². The number of hydrazone groups is 1. The molecule has 21 heavy (non-hydrogen) atoms. The van der Waals surface area contributed by atoms with Crippen LogP contribution in [0.1, 0.15) is 17.1 Å². The van der Waals surface area contributed by atoms with Gasteiger partial charge >= 0.3 is 0 Å². The molecule has 1 amide bonds. The van der Waals surface area contributed by atoms with E-state index in [-0.39, 0.29) is 11.7 Å². The van der Waals surface area contributed by atoms with Crippen LogP contribution in [0, 0.1) is 13.8 Å². The Bertz CT molecular complexity index is 625. The van der Waals surface area contributed by atoms with Gasteiger partial charge in [-0.2, -0.15) is 5.10 Å². The molecule has 0 bridgehead atoms. The van der Waals surface area contributed by atoms with Gasteiger partial charge in [-0.1, -0.05) is 17.8 Å². The van der Waals surface area contributed by atoms with E-state index >= 15 is 0 Å². The van der Waals surface area contributed by atoms with Crippen LogP contribution in [0.5, 0.6) is 0 Å². The van der Waals surface area contributed by atoms with Crippen LogP contribution in [0.2, 0.25) is 0 Å². The largest absolute Gasteiger partial charge is 0.272 e. The molecule has 2 heterocycles. The number of aryl methyl sites for hydroxylation is 2. The van der Waals surface area contributed by atoms with Gasteiger partial charge in [0.25, 0.3) is 5.91 Å². The van der Waals surface area contributed by atoms with Crippen molar-refractivity contribution < 1.29 is 4.79 Å². The number of nitrogens with zero attached hydrogens (tertiary/aromatic N) is 4. The molecule has 108 valence electrons. The molecule has 0 spiro atoms. The van der Waals surface area contributed by atoms with Crippen molar-refractivity contribution in [1.29, 1.82) is 0 Å². The van der Waals surface area contributed by atoms with Crippen molar-refractivity contribution in [2.24, 2.45) is 5.10 Å². The van der Waals surface area contributed by atoms with E-state index < -0.39 is 0 Å². The summed E-state index contributed by atoms with van der Waals surface area (Å²) in [6, 6.07) is 7.36. The summed E-state index contributed by atoms with van der Waals surface area (Å²) in [5.41, 5.74) is 4.90. The minimum Gasteiger partial charge on any atom is -0.272 e. The molecule has 0 saturated heterocycles. The maximum atomic E-state index is 11.7. The van der Waals surface area contributed by atoms with Gasteiger partial charge in [-0.05, 0) is 32.0 Å². The number of amides is 1. The van der Waals surface area contributed by atoms with E-state index in [2.05, 4.69) is 25.5 Å². The molecule has 2 rings (SSSR count). The SMILES string of the molecule is Cc1cc(C)nc(SCC(=O)N/N=C/c2ccccn2)n1. The van der Waals surface area contributed by atoms with Gasteiger partial charge in [0.2, 0.25) is 0 Å². The first-order valence-electron chi connectivity index (χ1n) is 6.31. The standard InChI is InChI=1S/C14H15N5OS/c1-10-7-11(2)18-14(17-10)21-9-13(20)19-16-8-12-5-3-4-6-15-12/h3-8H,9H2,1-2H3,(H,19,20)/b16-8+. The number of carbonyl (C=O) groups is 1. The zero-order valence-electron chi connectivity index (χ0n) is 11.8. The highest BCUT2D eigenvalue weighted by Gasteiger charge is 2.05. The van der Waals surface area contributed by atoms with Gasteiger partial charge in [0, 0.05) is 17.6 Å². The van der Waals surface area contributed by atoms with Crippen LogP contribution in [0.15, 0.2) is 40.7 Å². The van der Waals surface area contributed by atoms with E-state index in [9.17, 15) is 4.79 Å². The maximum Gasteiger partial charge on any atom is 0.250 e. The summed E-state index contributed by atoms with van der Waals surface area (Å²) in [6.45, 7) is 3.80. The summed E-state index contributed by atoms with van der Waals surface area (Å²) in [5, 5.41) is 4.44. The van der Waals surface area contributed by atoms with Gasteiger partial charge < -0.3 is 0 Å². The molecule has 0 aliphatic carbocycles. The second-order valence-electron chi connectivity index (χ2n) is 4.27. The van der Waals surface area contributed by atoms with Crippen molar-refractivity contribution in [3.05, 3.63) is 47.5 Å². The van der Waals surface area contributed by atoms with Crippen LogP contribution in [-0.4, -0.2) is 32.8 Å². The number of rotatable bonds is 5. The summed E-state index contributed by atoms with van der Waals surface area (Å²) >= 11 is 1.28. The normalized spacial score (nSPS) is 10.8. The van der Waals surface area contributed by atoms with Crippen LogP contribution in [-0.2, 0) is 4.79 Å². The Balaban J connectivity index is 1.81. The van der Waals surface area contributed by atoms with E-state index in [1.807, 2.05) is 32.0 Å². The van der Waals surface area contributed by atoms with E-state index in [1.54, 1.807) is 12.3 Å². The Kier molecular flexibility index (Phi) is 5.39. The number of aromatic nitrogens is 3. The van der Waals surface area contributed by atoms with Crippen molar-refractivity contribution in [3.8, 4) is 0 Å². The number of thioether (sulfide) groups is 1. The fourth-order valence-electron chi connectivity index (χ4n) is 1.54. The van der Waals surface area contributed by atoms with Crippen LogP contribution < -0.4 is 5.43 Å². The van der Waals surface area contributed by atoms with Crippen molar-refractivity contribution in [2.75, 3.05) is 5.75 Å². The first-order chi connectivity index (χ1) is 10.1. The first-order valence-corrected chi connectivity index (χ1v) is 7.30. The van der Waals surface area contributed by atoms with Crippen molar-refractivity contribution in [2.45, 2.75) is 19.0 Å². The van der Waals surface area contributed by atoms with Crippen LogP contribution >= 0.6 is 11.8 Å². The number of pyridine rings is 1. The molecule has 6 nitrogen and oxygen atoms in total. The second kappa shape index (κ2) is 7.49. The number of carbonyl (C=O) groups excluding carboxylic acids is 1. The highest BCUT2D eigenvalue weighted by molar-refractivity contribution is 7.99.